The van der Waals surface area contributed by atoms with E-state index in [-0.39, 0.29) is 0 Å². The second-order valence-corrected chi connectivity index (χ2v) is 9.81. The lowest BCUT2D eigenvalue weighted by molar-refractivity contribution is -0.599. The molecule has 146 valence electrons. The SMILES string of the molecule is Cc1cccc(C)c1C1C[C@H](C(C(C)C)C(C)C)[N+](C(C)C)=C1C(C)C. The van der Waals surface area contributed by atoms with Crippen LogP contribution in [0.15, 0.2) is 18.2 Å². The van der Waals surface area contributed by atoms with Gasteiger partial charge < -0.3 is 0 Å². The molecule has 0 bridgehead atoms. The average Bonchev–Trinajstić information content (AvgIpc) is 2.86. The molecule has 0 aliphatic carbocycles. The van der Waals surface area contributed by atoms with Crippen LogP contribution in [0.1, 0.15) is 84.4 Å². The molecule has 1 aromatic carbocycles. The molecule has 0 aromatic heterocycles. The van der Waals surface area contributed by atoms with Gasteiger partial charge in [0.1, 0.15) is 6.04 Å². The van der Waals surface area contributed by atoms with Crippen LogP contribution in [0.5, 0.6) is 0 Å². The van der Waals surface area contributed by atoms with E-state index in [0.29, 0.717) is 35.8 Å². The molecule has 0 fully saturated rings. The third kappa shape index (κ3) is 3.92. The van der Waals surface area contributed by atoms with Crippen molar-refractivity contribution in [2.75, 3.05) is 0 Å². The first-order valence-electron chi connectivity index (χ1n) is 10.8. The molecule has 0 saturated heterocycles. The van der Waals surface area contributed by atoms with Crippen molar-refractivity contribution in [3.63, 3.8) is 0 Å². The molecule has 1 aliphatic rings. The van der Waals surface area contributed by atoms with Crippen LogP contribution in [0.3, 0.4) is 0 Å². The van der Waals surface area contributed by atoms with Gasteiger partial charge in [0.2, 0.25) is 0 Å². The maximum Gasteiger partial charge on any atom is 0.163 e. The average molecular weight is 357 g/mol. The second-order valence-electron chi connectivity index (χ2n) is 9.81. The van der Waals surface area contributed by atoms with Crippen molar-refractivity contribution in [3.8, 4) is 0 Å². The van der Waals surface area contributed by atoms with Crippen LogP contribution in [-0.2, 0) is 0 Å². The third-order valence-corrected chi connectivity index (χ3v) is 6.51. The summed E-state index contributed by atoms with van der Waals surface area (Å²) in [5.74, 6) is 3.33. The lowest BCUT2D eigenvalue weighted by Crippen LogP contribution is -2.41. The Morgan fingerprint density at radius 3 is 1.73 bits per heavy atom. The van der Waals surface area contributed by atoms with E-state index >= 15 is 0 Å². The number of hydrogen-bond donors (Lipinski definition) is 0. The van der Waals surface area contributed by atoms with Crippen molar-refractivity contribution in [3.05, 3.63) is 34.9 Å². The quantitative estimate of drug-likeness (QED) is 0.505. The zero-order chi connectivity index (χ0) is 19.8. The monoisotopic (exact) mass is 356 g/mol. The van der Waals surface area contributed by atoms with Gasteiger partial charge in [0, 0.05) is 18.3 Å². The highest BCUT2D eigenvalue weighted by atomic mass is 15.1. The maximum absolute atomic E-state index is 2.83. The molecule has 1 unspecified atom stereocenters. The Hall–Kier alpha value is -1.11. The van der Waals surface area contributed by atoms with Crippen molar-refractivity contribution in [2.24, 2.45) is 23.7 Å². The van der Waals surface area contributed by atoms with E-state index in [2.05, 4.69) is 92.0 Å². The van der Waals surface area contributed by atoms with Gasteiger partial charge in [0.05, 0.1) is 5.92 Å². The Morgan fingerprint density at radius 2 is 1.35 bits per heavy atom. The van der Waals surface area contributed by atoms with Crippen LogP contribution in [0.25, 0.3) is 0 Å². The molecular formula is C25H42N+. The summed E-state index contributed by atoms with van der Waals surface area (Å²) < 4.78 is 2.83. The first-order chi connectivity index (χ1) is 12.1. The van der Waals surface area contributed by atoms with Crippen molar-refractivity contribution in [2.45, 2.75) is 93.7 Å². The van der Waals surface area contributed by atoms with Crippen LogP contribution in [0.4, 0.5) is 0 Å². The molecule has 1 aliphatic heterocycles. The molecule has 0 amide bonds. The van der Waals surface area contributed by atoms with E-state index in [9.17, 15) is 0 Å². The lowest BCUT2D eigenvalue weighted by Gasteiger charge is -2.30. The Bertz CT molecular complexity index is 620. The topological polar surface area (TPSA) is 3.01 Å². The molecule has 2 rings (SSSR count). The maximum atomic E-state index is 2.83. The fraction of sp³-hybridized carbons (Fsp3) is 0.720. The molecule has 0 radical (unpaired) electrons. The normalized spacial score (nSPS) is 21.3. The summed E-state index contributed by atoms with van der Waals surface area (Å²) in [6.45, 7) is 23.9. The van der Waals surface area contributed by atoms with Gasteiger partial charge in [-0.2, -0.15) is 0 Å². The summed E-state index contributed by atoms with van der Waals surface area (Å²) in [4.78, 5) is 0. The molecule has 1 heterocycles. The first-order valence-corrected chi connectivity index (χ1v) is 10.8. The van der Waals surface area contributed by atoms with Crippen molar-refractivity contribution in [1.82, 2.24) is 0 Å². The number of aryl methyl sites for hydroxylation is 2. The summed E-state index contributed by atoms with van der Waals surface area (Å²) in [5.41, 5.74) is 6.19. The predicted molar refractivity (Wildman–Crippen MR) is 115 cm³/mol. The summed E-state index contributed by atoms with van der Waals surface area (Å²) in [7, 11) is 0. The minimum Gasteiger partial charge on any atom is -0.231 e. The van der Waals surface area contributed by atoms with Gasteiger partial charge in [-0.05, 0) is 56.2 Å². The van der Waals surface area contributed by atoms with Gasteiger partial charge in [0.25, 0.3) is 0 Å². The molecule has 0 spiro atoms. The third-order valence-electron chi connectivity index (χ3n) is 6.51. The van der Waals surface area contributed by atoms with Crippen LogP contribution in [-0.4, -0.2) is 22.4 Å². The first kappa shape index (κ1) is 21.2. The van der Waals surface area contributed by atoms with Gasteiger partial charge in [-0.15, -0.1) is 0 Å². The molecule has 1 aromatic rings. The summed E-state index contributed by atoms with van der Waals surface area (Å²) >= 11 is 0. The number of rotatable bonds is 6. The van der Waals surface area contributed by atoms with Gasteiger partial charge in [-0.1, -0.05) is 59.7 Å². The Balaban J connectivity index is 2.66. The van der Waals surface area contributed by atoms with Gasteiger partial charge in [-0.25, -0.2) is 4.58 Å². The van der Waals surface area contributed by atoms with Crippen molar-refractivity contribution >= 4 is 5.71 Å². The highest BCUT2D eigenvalue weighted by molar-refractivity contribution is 5.90. The molecule has 1 nitrogen and oxygen atoms in total. The minimum atomic E-state index is 0.562. The largest absolute Gasteiger partial charge is 0.231 e. The van der Waals surface area contributed by atoms with Gasteiger partial charge in [-0.3, -0.25) is 0 Å². The summed E-state index contributed by atoms with van der Waals surface area (Å²) in [6, 6.07) is 8.02. The molecule has 0 saturated carbocycles. The zero-order valence-corrected chi connectivity index (χ0v) is 18.9. The number of nitrogens with zero attached hydrogens (tertiary/aromatic N) is 1. The number of hydrogen-bond acceptors (Lipinski definition) is 0. The predicted octanol–water partition coefficient (Wildman–Crippen LogP) is 6.61. The molecule has 2 atom stereocenters. The van der Waals surface area contributed by atoms with Crippen LogP contribution in [0.2, 0.25) is 0 Å². The van der Waals surface area contributed by atoms with E-state index < -0.39 is 0 Å². The molecule has 0 N–H and O–H groups in total. The molecular weight excluding hydrogens is 314 g/mol. The smallest absolute Gasteiger partial charge is 0.163 e. The van der Waals surface area contributed by atoms with Crippen molar-refractivity contribution in [1.29, 1.82) is 0 Å². The highest BCUT2D eigenvalue weighted by Crippen LogP contribution is 2.42. The standard InChI is InChI=1S/C25H42N/c1-15(2)23(16(3)4)22-14-21(24-19(9)12-11-13-20(24)10)25(17(5)6)26(22)18(7)8/h11-13,15-18,21-23H,14H2,1-10H3/q+1/t21?,22-/m1/s1. The van der Waals surface area contributed by atoms with E-state index in [1.807, 2.05) is 0 Å². The fourth-order valence-corrected chi connectivity index (χ4v) is 5.87. The van der Waals surface area contributed by atoms with Gasteiger partial charge in [0.15, 0.2) is 11.8 Å². The van der Waals surface area contributed by atoms with E-state index in [4.69, 9.17) is 0 Å². The summed E-state index contributed by atoms with van der Waals surface area (Å²) in [6.07, 6.45) is 1.28. The number of benzene rings is 1. The minimum absolute atomic E-state index is 0.562. The van der Waals surface area contributed by atoms with Crippen LogP contribution >= 0.6 is 0 Å². The lowest BCUT2D eigenvalue weighted by atomic mass is 9.75. The Morgan fingerprint density at radius 1 is 0.846 bits per heavy atom. The molecule has 1 heteroatoms. The zero-order valence-electron chi connectivity index (χ0n) is 18.9. The highest BCUT2D eigenvalue weighted by Gasteiger charge is 2.49. The van der Waals surface area contributed by atoms with E-state index in [1.54, 1.807) is 11.3 Å². The van der Waals surface area contributed by atoms with E-state index in [0.717, 1.165) is 5.92 Å². The van der Waals surface area contributed by atoms with Crippen molar-refractivity contribution < 1.29 is 4.58 Å². The Kier molecular flexibility index (Phi) is 6.75. The van der Waals surface area contributed by atoms with Crippen LogP contribution < -0.4 is 0 Å². The fourth-order valence-electron chi connectivity index (χ4n) is 5.87. The molecule has 26 heavy (non-hydrogen) atoms. The van der Waals surface area contributed by atoms with E-state index in [1.165, 1.54) is 17.5 Å². The summed E-state index contributed by atoms with van der Waals surface area (Å²) in [5, 5.41) is 0. The van der Waals surface area contributed by atoms with Gasteiger partial charge >= 0.3 is 0 Å². The second kappa shape index (κ2) is 8.28. The Labute approximate surface area is 162 Å². The van der Waals surface area contributed by atoms with Crippen LogP contribution in [0, 0.1) is 37.5 Å².